The van der Waals surface area contributed by atoms with E-state index in [9.17, 15) is 4.79 Å². The molecule has 0 saturated heterocycles. The molecule has 2 aromatic heterocycles. The van der Waals surface area contributed by atoms with E-state index in [-0.39, 0.29) is 5.56 Å². The Morgan fingerprint density at radius 2 is 1.80 bits per heavy atom. The molecule has 0 amide bonds. The first kappa shape index (κ1) is 15.5. The van der Waals surface area contributed by atoms with Crippen molar-refractivity contribution in [3.63, 3.8) is 0 Å². The first-order chi connectivity index (χ1) is 12.1. The maximum absolute atomic E-state index is 12.6. The molecule has 0 N–H and O–H groups in total. The van der Waals surface area contributed by atoms with Crippen LogP contribution in [0.25, 0.3) is 22.4 Å². The first-order valence-corrected chi connectivity index (χ1v) is 8.58. The van der Waals surface area contributed by atoms with Crippen molar-refractivity contribution in [1.29, 1.82) is 0 Å². The molecule has 0 unspecified atom stereocenters. The fraction of sp³-hybridized carbons (Fsp3) is 0.105. The number of hydrogen-bond donors (Lipinski definition) is 0. The number of methoxy groups -OCH3 is 1. The van der Waals surface area contributed by atoms with Crippen molar-refractivity contribution in [2.24, 2.45) is 0 Å². The maximum atomic E-state index is 12.6. The predicted octanol–water partition coefficient (Wildman–Crippen LogP) is 2.68. The molecule has 0 spiro atoms. The Morgan fingerprint density at radius 3 is 2.44 bits per heavy atom. The highest BCUT2D eigenvalue weighted by Crippen LogP contribution is 2.20. The molecule has 124 valence electrons. The summed E-state index contributed by atoms with van der Waals surface area (Å²) in [5.74, 6) is 1.30. The Balaban J connectivity index is 1.76. The first-order valence-electron chi connectivity index (χ1n) is 7.76. The van der Waals surface area contributed by atoms with E-state index in [4.69, 9.17) is 4.74 Å². The molecule has 0 radical (unpaired) electrons. The van der Waals surface area contributed by atoms with Crippen LogP contribution in [0.5, 0.6) is 5.75 Å². The van der Waals surface area contributed by atoms with Gasteiger partial charge in [0.25, 0.3) is 5.56 Å². The van der Waals surface area contributed by atoms with E-state index in [1.807, 2.05) is 61.5 Å². The normalized spacial score (nSPS) is 12.0. The van der Waals surface area contributed by atoms with Gasteiger partial charge in [0.05, 0.1) is 11.6 Å². The lowest BCUT2D eigenvalue weighted by atomic mass is 10.1. The number of nitrogens with zero attached hydrogens (tertiary/aromatic N) is 3. The molecular formula is C19H15N3O2S. The Hall–Kier alpha value is -2.99. The number of aryl methyl sites for hydroxylation is 1. The molecule has 0 atom stereocenters. The number of thiazole rings is 1. The van der Waals surface area contributed by atoms with Crippen LogP contribution in [0.2, 0.25) is 0 Å². The second-order valence-electron chi connectivity index (χ2n) is 5.68. The van der Waals surface area contributed by atoms with Crippen molar-refractivity contribution in [3.05, 3.63) is 74.5 Å². The maximum Gasteiger partial charge on any atom is 0.291 e. The third kappa shape index (κ3) is 2.92. The molecule has 25 heavy (non-hydrogen) atoms. The van der Waals surface area contributed by atoms with Gasteiger partial charge < -0.3 is 4.74 Å². The zero-order valence-electron chi connectivity index (χ0n) is 13.8. The number of fused-ring (bicyclic) bond motifs is 1. The van der Waals surface area contributed by atoms with Gasteiger partial charge in [0.15, 0.2) is 5.82 Å². The van der Waals surface area contributed by atoms with Crippen LogP contribution in [0.3, 0.4) is 0 Å². The van der Waals surface area contributed by atoms with E-state index in [1.54, 1.807) is 7.11 Å². The molecule has 5 nitrogen and oxygen atoms in total. The van der Waals surface area contributed by atoms with Gasteiger partial charge in [-0.3, -0.25) is 4.79 Å². The van der Waals surface area contributed by atoms with Gasteiger partial charge in [0.1, 0.15) is 5.75 Å². The van der Waals surface area contributed by atoms with Gasteiger partial charge >= 0.3 is 0 Å². The van der Waals surface area contributed by atoms with Crippen molar-refractivity contribution in [2.75, 3.05) is 7.11 Å². The highest BCUT2D eigenvalue weighted by molar-refractivity contribution is 7.15. The Morgan fingerprint density at radius 1 is 1.08 bits per heavy atom. The van der Waals surface area contributed by atoms with Crippen LogP contribution in [0.1, 0.15) is 11.1 Å². The Labute approximate surface area is 147 Å². The van der Waals surface area contributed by atoms with Gasteiger partial charge in [-0.15, -0.1) is 5.10 Å². The van der Waals surface area contributed by atoms with Gasteiger partial charge in [-0.2, -0.15) is 9.50 Å². The standard InChI is InChI=1S/C19H15N3O2S/c1-12-3-5-13(6-4-12)11-16-18(23)22-19(25-16)20-17(21-22)14-7-9-15(24-2)10-8-14/h3-11H,1-2H3/b16-11+. The molecule has 4 aromatic rings. The fourth-order valence-corrected chi connectivity index (χ4v) is 3.42. The van der Waals surface area contributed by atoms with Crippen molar-refractivity contribution in [2.45, 2.75) is 6.92 Å². The average molecular weight is 349 g/mol. The summed E-state index contributed by atoms with van der Waals surface area (Å²) in [6.45, 7) is 2.03. The smallest absolute Gasteiger partial charge is 0.291 e. The monoisotopic (exact) mass is 349 g/mol. The SMILES string of the molecule is COc1ccc(-c2nc3s/c(=C/c4ccc(C)cc4)c(=O)n3n2)cc1. The van der Waals surface area contributed by atoms with Crippen molar-refractivity contribution < 1.29 is 4.74 Å². The van der Waals surface area contributed by atoms with Crippen molar-refractivity contribution >= 4 is 22.4 Å². The zero-order chi connectivity index (χ0) is 17.4. The van der Waals surface area contributed by atoms with Crippen LogP contribution >= 0.6 is 11.3 Å². The average Bonchev–Trinajstić information content (AvgIpc) is 3.17. The van der Waals surface area contributed by atoms with E-state index in [2.05, 4.69) is 10.1 Å². The van der Waals surface area contributed by atoms with Crippen molar-refractivity contribution in [3.8, 4) is 17.1 Å². The van der Waals surface area contributed by atoms with E-state index >= 15 is 0 Å². The van der Waals surface area contributed by atoms with Crippen LogP contribution < -0.4 is 14.8 Å². The number of hydrogen-bond acceptors (Lipinski definition) is 5. The summed E-state index contributed by atoms with van der Waals surface area (Å²) in [6, 6.07) is 15.5. The summed E-state index contributed by atoms with van der Waals surface area (Å²) in [5.41, 5.74) is 2.88. The van der Waals surface area contributed by atoms with E-state index < -0.39 is 0 Å². The fourth-order valence-electron chi connectivity index (χ4n) is 2.51. The summed E-state index contributed by atoms with van der Waals surface area (Å²) in [5, 5.41) is 4.36. The number of ether oxygens (including phenoxy) is 1. The summed E-state index contributed by atoms with van der Waals surface area (Å²) in [4.78, 5) is 17.6. The molecule has 0 aliphatic heterocycles. The summed E-state index contributed by atoms with van der Waals surface area (Å²) in [7, 11) is 1.62. The molecule has 2 heterocycles. The molecule has 0 bridgehead atoms. The summed E-state index contributed by atoms with van der Waals surface area (Å²) < 4.78 is 7.14. The van der Waals surface area contributed by atoms with Crippen LogP contribution in [-0.4, -0.2) is 21.7 Å². The molecule has 0 aliphatic rings. The Bertz CT molecular complexity index is 1140. The van der Waals surface area contributed by atoms with Gasteiger partial charge in [-0.1, -0.05) is 41.2 Å². The van der Waals surface area contributed by atoms with Gasteiger partial charge in [-0.05, 0) is 42.8 Å². The largest absolute Gasteiger partial charge is 0.497 e. The second kappa shape index (κ2) is 6.14. The van der Waals surface area contributed by atoms with E-state index in [1.165, 1.54) is 21.4 Å². The summed E-state index contributed by atoms with van der Waals surface area (Å²) in [6.07, 6.45) is 1.87. The molecular weight excluding hydrogens is 334 g/mol. The van der Waals surface area contributed by atoms with Crippen LogP contribution in [0.4, 0.5) is 0 Å². The Kier molecular flexibility index (Phi) is 3.82. The molecule has 6 heteroatoms. The van der Waals surface area contributed by atoms with Crippen molar-refractivity contribution in [1.82, 2.24) is 14.6 Å². The molecule has 2 aromatic carbocycles. The number of aromatic nitrogens is 3. The minimum absolute atomic E-state index is 0.146. The number of benzene rings is 2. The number of rotatable bonds is 3. The quantitative estimate of drug-likeness (QED) is 0.571. The lowest BCUT2D eigenvalue weighted by molar-refractivity contribution is 0.415. The zero-order valence-corrected chi connectivity index (χ0v) is 14.6. The highest BCUT2D eigenvalue weighted by Gasteiger charge is 2.12. The minimum atomic E-state index is -0.146. The van der Waals surface area contributed by atoms with Crippen LogP contribution in [0, 0.1) is 6.92 Å². The van der Waals surface area contributed by atoms with Crippen LogP contribution in [0.15, 0.2) is 53.3 Å². The third-order valence-electron chi connectivity index (χ3n) is 3.91. The molecule has 4 rings (SSSR count). The predicted molar refractivity (Wildman–Crippen MR) is 99.1 cm³/mol. The second-order valence-corrected chi connectivity index (χ2v) is 6.69. The third-order valence-corrected chi connectivity index (χ3v) is 4.86. The van der Waals surface area contributed by atoms with Gasteiger partial charge in [-0.25, -0.2) is 0 Å². The minimum Gasteiger partial charge on any atom is -0.497 e. The highest BCUT2D eigenvalue weighted by atomic mass is 32.1. The van der Waals surface area contributed by atoms with Gasteiger partial charge in [0.2, 0.25) is 4.96 Å². The van der Waals surface area contributed by atoms with Crippen LogP contribution in [-0.2, 0) is 0 Å². The van der Waals surface area contributed by atoms with E-state index in [0.29, 0.717) is 15.3 Å². The van der Waals surface area contributed by atoms with Gasteiger partial charge in [0, 0.05) is 5.56 Å². The molecule has 0 aliphatic carbocycles. The van der Waals surface area contributed by atoms with E-state index in [0.717, 1.165) is 16.9 Å². The lowest BCUT2D eigenvalue weighted by Gasteiger charge is -1.99. The molecule has 0 saturated carbocycles. The lowest BCUT2D eigenvalue weighted by Crippen LogP contribution is -2.23. The summed E-state index contributed by atoms with van der Waals surface area (Å²) >= 11 is 1.34. The topological polar surface area (TPSA) is 56.5 Å². The molecule has 0 fully saturated rings.